The van der Waals surface area contributed by atoms with Crippen LogP contribution in [0.25, 0.3) is 10.6 Å². The van der Waals surface area contributed by atoms with Crippen molar-refractivity contribution in [1.29, 1.82) is 0 Å². The molecule has 0 fully saturated rings. The lowest BCUT2D eigenvalue weighted by molar-refractivity contribution is -0.138. The van der Waals surface area contributed by atoms with Gasteiger partial charge in [-0.25, -0.2) is 9.78 Å². The first-order valence-corrected chi connectivity index (χ1v) is 9.96. The summed E-state index contributed by atoms with van der Waals surface area (Å²) in [6.45, 7) is 0.623. The van der Waals surface area contributed by atoms with Gasteiger partial charge in [0.25, 0.3) is 5.91 Å². The van der Waals surface area contributed by atoms with Crippen LogP contribution >= 0.6 is 11.3 Å². The molecular weight excluding hydrogens is 474 g/mol. The zero-order chi connectivity index (χ0) is 24.4. The summed E-state index contributed by atoms with van der Waals surface area (Å²) in [4.78, 5) is 28.5. The molecule has 3 aromatic rings. The second kappa shape index (κ2) is 9.22. The van der Waals surface area contributed by atoms with E-state index in [9.17, 15) is 35.9 Å². The van der Waals surface area contributed by atoms with Crippen LogP contribution in [0.4, 0.5) is 32.0 Å². The standard InChI is InChI=1S/C21H14F6N2O3S/c1-11-17(33-18(28-11)12-6-8-13(9-7-12)20(22,23)24)19(31)32-10-16(30)29-15-5-3-2-4-14(15)21(25,26)27/h2-9H,10H2,1H3,(H,29,30). The van der Waals surface area contributed by atoms with Crippen molar-refractivity contribution < 1.29 is 40.7 Å². The zero-order valence-corrected chi connectivity index (χ0v) is 17.5. The Balaban J connectivity index is 1.66. The Hall–Kier alpha value is -3.41. The van der Waals surface area contributed by atoms with Gasteiger partial charge in [0.1, 0.15) is 9.88 Å². The number of nitrogens with zero attached hydrogens (tertiary/aromatic N) is 1. The number of hydrogen-bond donors (Lipinski definition) is 1. The molecule has 0 bridgehead atoms. The van der Waals surface area contributed by atoms with Crippen molar-refractivity contribution in [2.45, 2.75) is 19.3 Å². The lowest BCUT2D eigenvalue weighted by Gasteiger charge is -2.13. The van der Waals surface area contributed by atoms with Crippen LogP contribution in [0, 0.1) is 6.92 Å². The van der Waals surface area contributed by atoms with Gasteiger partial charge in [-0.15, -0.1) is 11.3 Å². The van der Waals surface area contributed by atoms with Gasteiger partial charge >= 0.3 is 18.3 Å². The molecule has 0 aliphatic rings. The molecular formula is C21H14F6N2O3S. The summed E-state index contributed by atoms with van der Waals surface area (Å²) < 4.78 is 82.0. The number of alkyl halides is 6. The topological polar surface area (TPSA) is 68.3 Å². The Morgan fingerprint density at radius 3 is 2.21 bits per heavy atom. The molecule has 12 heteroatoms. The van der Waals surface area contributed by atoms with E-state index in [1.807, 2.05) is 5.32 Å². The summed E-state index contributed by atoms with van der Waals surface area (Å²) in [6, 6.07) is 8.51. The van der Waals surface area contributed by atoms with E-state index in [4.69, 9.17) is 4.74 Å². The highest BCUT2D eigenvalue weighted by molar-refractivity contribution is 7.17. The Kier molecular flexibility index (Phi) is 6.77. The van der Waals surface area contributed by atoms with Crippen LogP contribution in [0.5, 0.6) is 0 Å². The smallest absolute Gasteiger partial charge is 0.418 e. The predicted octanol–water partition coefficient (Wildman–Crippen LogP) is 5.95. The first kappa shape index (κ1) is 24.2. The molecule has 0 unspecified atom stereocenters. The van der Waals surface area contributed by atoms with Gasteiger partial charge in [0.05, 0.1) is 22.5 Å². The number of amides is 1. The molecule has 0 saturated heterocycles. The van der Waals surface area contributed by atoms with Crippen molar-refractivity contribution in [3.05, 3.63) is 70.2 Å². The van der Waals surface area contributed by atoms with E-state index in [2.05, 4.69) is 4.98 Å². The van der Waals surface area contributed by atoms with Gasteiger partial charge in [-0.1, -0.05) is 24.3 Å². The maximum Gasteiger partial charge on any atom is 0.418 e. The molecule has 5 nitrogen and oxygen atoms in total. The molecule has 1 heterocycles. The third-order valence-corrected chi connectivity index (χ3v) is 5.47. The molecule has 0 saturated carbocycles. The van der Waals surface area contributed by atoms with E-state index < -0.39 is 47.7 Å². The van der Waals surface area contributed by atoms with E-state index in [1.54, 1.807) is 0 Å². The number of carbonyl (C=O) groups excluding carboxylic acids is 2. The largest absolute Gasteiger partial charge is 0.451 e. The van der Waals surface area contributed by atoms with Crippen LogP contribution in [0.15, 0.2) is 48.5 Å². The number of rotatable bonds is 5. The number of hydrogen-bond acceptors (Lipinski definition) is 5. The van der Waals surface area contributed by atoms with E-state index >= 15 is 0 Å². The molecule has 1 N–H and O–H groups in total. The molecule has 33 heavy (non-hydrogen) atoms. The Morgan fingerprint density at radius 1 is 0.970 bits per heavy atom. The van der Waals surface area contributed by atoms with E-state index in [-0.39, 0.29) is 15.6 Å². The third kappa shape index (κ3) is 5.89. The Morgan fingerprint density at radius 2 is 1.61 bits per heavy atom. The quantitative estimate of drug-likeness (QED) is 0.356. The highest BCUT2D eigenvalue weighted by atomic mass is 32.1. The molecule has 1 aromatic heterocycles. The monoisotopic (exact) mass is 488 g/mol. The first-order valence-electron chi connectivity index (χ1n) is 9.14. The maximum atomic E-state index is 13.0. The van der Waals surface area contributed by atoms with Gasteiger partial charge in [0.15, 0.2) is 6.61 Å². The number of esters is 1. The molecule has 1 amide bonds. The summed E-state index contributed by atoms with van der Waals surface area (Å²) in [5.41, 5.74) is -1.80. The number of thiazole rings is 1. The SMILES string of the molecule is Cc1nc(-c2ccc(C(F)(F)F)cc2)sc1C(=O)OCC(=O)Nc1ccccc1C(F)(F)F. The summed E-state index contributed by atoms with van der Waals surface area (Å²) in [7, 11) is 0. The molecule has 0 aliphatic carbocycles. The zero-order valence-electron chi connectivity index (χ0n) is 16.7. The van der Waals surface area contributed by atoms with Crippen molar-refractivity contribution >= 4 is 28.9 Å². The average Bonchev–Trinajstić information content (AvgIpc) is 3.13. The first-order chi connectivity index (χ1) is 15.4. The molecule has 0 atom stereocenters. The van der Waals surface area contributed by atoms with Crippen LogP contribution in [0.3, 0.4) is 0 Å². The molecule has 0 aliphatic heterocycles. The van der Waals surface area contributed by atoms with Crippen LogP contribution in [0.1, 0.15) is 26.5 Å². The van der Waals surface area contributed by atoms with Crippen LogP contribution < -0.4 is 5.32 Å². The average molecular weight is 488 g/mol. The fourth-order valence-corrected chi connectivity index (χ4v) is 3.70. The van der Waals surface area contributed by atoms with Gasteiger partial charge in [-0.2, -0.15) is 26.3 Å². The highest BCUT2D eigenvalue weighted by Crippen LogP contribution is 2.35. The minimum atomic E-state index is -4.69. The summed E-state index contributed by atoms with van der Waals surface area (Å²) in [5.74, 6) is -1.92. The minimum Gasteiger partial charge on any atom is -0.451 e. The maximum absolute atomic E-state index is 13.0. The lowest BCUT2D eigenvalue weighted by Crippen LogP contribution is -2.22. The lowest BCUT2D eigenvalue weighted by atomic mass is 10.1. The summed E-state index contributed by atoms with van der Waals surface area (Å²) in [6.07, 6.45) is -9.18. The number of nitrogens with one attached hydrogen (secondary N) is 1. The van der Waals surface area contributed by atoms with Gasteiger partial charge in [-0.3, -0.25) is 4.79 Å². The van der Waals surface area contributed by atoms with Crippen molar-refractivity contribution in [3.63, 3.8) is 0 Å². The normalized spacial score (nSPS) is 11.8. The number of para-hydroxylation sites is 1. The molecule has 174 valence electrons. The van der Waals surface area contributed by atoms with Gasteiger partial charge in [0, 0.05) is 5.56 Å². The van der Waals surface area contributed by atoms with Crippen molar-refractivity contribution in [3.8, 4) is 10.6 Å². The number of carbonyl (C=O) groups is 2. The fraction of sp³-hybridized carbons (Fsp3) is 0.190. The number of aryl methyl sites for hydroxylation is 1. The van der Waals surface area contributed by atoms with Crippen molar-refractivity contribution in [2.75, 3.05) is 11.9 Å². The van der Waals surface area contributed by atoms with Crippen LogP contribution in [-0.2, 0) is 21.9 Å². The predicted molar refractivity (Wildman–Crippen MR) is 108 cm³/mol. The molecule has 0 radical (unpaired) electrons. The van der Waals surface area contributed by atoms with Crippen molar-refractivity contribution in [1.82, 2.24) is 4.98 Å². The Labute approximate surface area is 187 Å². The van der Waals surface area contributed by atoms with E-state index in [0.29, 0.717) is 5.56 Å². The van der Waals surface area contributed by atoms with Gasteiger partial charge in [-0.05, 0) is 31.2 Å². The molecule has 0 spiro atoms. The summed E-state index contributed by atoms with van der Waals surface area (Å²) >= 11 is 0.848. The van der Waals surface area contributed by atoms with Crippen LogP contribution in [0.2, 0.25) is 0 Å². The highest BCUT2D eigenvalue weighted by Gasteiger charge is 2.33. The van der Waals surface area contributed by atoms with Crippen molar-refractivity contribution in [2.24, 2.45) is 0 Å². The number of ether oxygens (including phenoxy) is 1. The molecule has 2 aromatic carbocycles. The minimum absolute atomic E-state index is 0.00777. The number of aromatic nitrogens is 1. The number of benzene rings is 2. The second-order valence-electron chi connectivity index (χ2n) is 6.68. The summed E-state index contributed by atoms with van der Waals surface area (Å²) in [5, 5.41) is 2.31. The second-order valence-corrected chi connectivity index (χ2v) is 7.68. The number of anilines is 1. The fourth-order valence-electron chi connectivity index (χ4n) is 2.73. The number of halogens is 6. The Bertz CT molecular complexity index is 1170. The van der Waals surface area contributed by atoms with E-state index in [1.165, 1.54) is 31.2 Å². The van der Waals surface area contributed by atoms with Crippen LogP contribution in [-0.4, -0.2) is 23.5 Å². The third-order valence-electron chi connectivity index (χ3n) is 4.28. The van der Waals surface area contributed by atoms with Gasteiger partial charge < -0.3 is 10.1 Å². The van der Waals surface area contributed by atoms with E-state index in [0.717, 1.165) is 35.6 Å². The van der Waals surface area contributed by atoms with Gasteiger partial charge in [0.2, 0.25) is 0 Å². The molecule has 3 rings (SSSR count).